The minimum absolute atomic E-state index is 0. The summed E-state index contributed by atoms with van der Waals surface area (Å²) in [5.41, 5.74) is 0. The standard InChI is InChI=1S/C8H14O2.C4H14OSi2.3CH4/c1-3-5-9-7-8-10-6-4-2;1-6(2)5-7(3)4;;;/h3-4H,1-2,5-8H2;6-7H,1-4H3;3*1H4. The molecular weight excluding hydrogens is 284 g/mol. The fourth-order valence-corrected chi connectivity index (χ4v) is 5.35. The molecule has 0 fully saturated rings. The van der Waals surface area contributed by atoms with Gasteiger partial charge >= 0.3 is 0 Å². The first-order valence-corrected chi connectivity index (χ1v) is 11.6. The van der Waals surface area contributed by atoms with Crippen molar-refractivity contribution in [2.75, 3.05) is 26.4 Å². The lowest BCUT2D eigenvalue weighted by molar-refractivity contribution is 0.0710. The molecule has 5 heteroatoms. The quantitative estimate of drug-likeness (QED) is 0.360. The molecule has 0 aromatic heterocycles. The molecule has 0 atom stereocenters. The minimum atomic E-state index is -0.667. The summed E-state index contributed by atoms with van der Waals surface area (Å²) in [6, 6.07) is 0. The number of rotatable bonds is 9. The molecule has 0 rings (SSSR count). The van der Waals surface area contributed by atoms with E-state index in [9.17, 15) is 0 Å². The summed E-state index contributed by atoms with van der Waals surface area (Å²) in [6.45, 7) is 18.3. The highest BCUT2D eigenvalue weighted by molar-refractivity contribution is 6.63. The highest BCUT2D eigenvalue weighted by Gasteiger charge is 1.97. The molecule has 0 saturated heterocycles. The normalized spacial score (nSPS) is 8.50. The lowest BCUT2D eigenvalue weighted by Gasteiger charge is -2.07. The molecule has 20 heavy (non-hydrogen) atoms. The largest absolute Gasteiger partial charge is 0.461 e. The maximum atomic E-state index is 5.53. The average Bonchev–Trinajstić information content (AvgIpc) is 2.22. The van der Waals surface area contributed by atoms with Gasteiger partial charge in [-0.05, 0) is 26.2 Å². The molecule has 126 valence electrons. The Morgan fingerprint density at radius 1 is 0.750 bits per heavy atom. The third-order valence-electron chi connectivity index (χ3n) is 1.39. The lowest BCUT2D eigenvalue weighted by Crippen LogP contribution is -2.17. The zero-order valence-corrected chi connectivity index (χ0v) is 14.1. The van der Waals surface area contributed by atoms with Crippen LogP contribution in [0.15, 0.2) is 25.3 Å². The summed E-state index contributed by atoms with van der Waals surface area (Å²) in [4.78, 5) is 0. The van der Waals surface area contributed by atoms with Crippen LogP contribution in [0.5, 0.6) is 0 Å². The van der Waals surface area contributed by atoms with Crippen molar-refractivity contribution in [3.8, 4) is 0 Å². The highest BCUT2D eigenvalue weighted by Crippen LogP contribution is 1.87. The Balaban J connectivity index is -0.0000000681. The number of hydrogen-bond donors (Lipinski definition) is 0. The second-order valence-corrected chi connectivity index (χ2v) is 9.24. The summed E-state index contributed by atoms with van der Waals surface area (Å²) < 4.78 is 15.6. The SMILES string of the molecule is C.C.C.C=CCOCCOCC=C.C[SiH](C)O[SiH](C)C. The van der Waals surface area contributed by atoms with Gasteiger partial charge in [-0.15, -0.1) is 13.2 Å². The van der Waals surface area contributed by atoms with Gasteiger partial charge in [0.05, 0.1) is 26.4 Å². The minimum Gasteiger partial charge on any atom is -0.461 e. The van der Waals surface area contributed by atoms with E-state index in [1.54, 1.807) is 12.2 Å². The van der Waals surface area contributed by atoms with Gasteiger partial charge in [-0.2, -0.15) is 0 Å². The fraction of sp³-hybridized carbons (Fsp3) is 0.733. The average molecular weight is 325 g/mol. The molecule has 0 aliphatic carbocycles. The molecule has 0 aliphatic heterocycles. The fourth-order valence-electron chi connectivity index (χ4n) is 0.996. The Bertz CT molecular complexity index is 157. The molecule has 0 saturated carbocycles. The van der Waals surface area contributed by atoms with Gasteiger partial charge in [0.1, 0.15) is 0 Å². The van der Waals surface area contributed by atoms with Gasteiger partial charge < -0.3 is 13.6 Å². The van der Waals surface area contributed by atoms with Crippen molar-refractivity contribution in [2.24, 2.45) is 0 Å². The zero-order valence-electron chi connectivity index (χ0n) is 11.8. The first kappa shape index (κ1) is 31.9. The Morgan fingerprint density at radius 2 is 1.05 bits per heavy atom. The summed E-state index contributed by atoms with van der Waals surface area (Å²) in [5, 5.41) is 0. The van der Waals surface area contributed by atoms with Crippen molar-refractivity contribution < 1.29 is 13.6 Å². The third kappa shape index (κ3) is 43.1. The molecule has 0 aromatic rings. The van der Waals surface area contributed by atoms with E-state index < -0.39 is 18.1 Å². The van der Waals surface area contributed by atoms with Crippen molar-refractivity contribution in [1.82, 2.24) is 0 Å². The van der Waals surface area contributed by atoms with Crippen LogP contribution in [0.25, 0.3) is 0 Å². The number of ether oxygens (including phenoxy) is 2. The predicted octanol–water partition coefficient (Wildman–Crippen LogP) is 4.27. The first-order chi connectivity index (χ1) is 8.04. The molecule has 0 heterocycles. The second-order valence-electron chi connectivity index (χ2n) is 3.96. The molecule has 0 aliphatic rings. The summed E-state index contributed by atoms with van der Waals surface area (Å²) in [6.07, 6.45) is 3.43. The smallest absolute Gasteiger partial charge is 0.156 e. The third-order valence-corrected chi connectivity index (χ3v) is 5.74. The monoisotopic (exact) mass is 324 g/mol. The van der Waals surface area contributed by atoms with Crippen molar-refractivity contribution in [3.63, 3.8) is 0 Å². The highest BCUT2D eigenvalue weighted by atomic mass is 28.4. The summed E-state index contributed by atoms with van der Waals surface area (Å²) in [5.74, 6) is 0. The van der Waals surface area contributed by atoms with Crippen LogP contribution in [0.3, 0.4) is 0 Å². The zero-order chi connectivity index (χ0) is 13.5. The first-order valence-electron chi connectivity index (χ1n) is 6.07. The predicted molar refractivity (Wildman–Crippen MR) is 101 cm³/mol. The van der Waals surface area contributed by atoms with E-state index in [2.05, 4.69) is 39.3 Å². The van der Waals surface area contributed by atoms with Crippen molar-refractivity contribution in [3.05, 3.63) is 25.3 Å². The van der Waals surface area contributed by atoms with Crippen LogP contribution in [0.4, 0.5) is 0 Å². The van der Waals surface area contributed by atoms with E-state index in [-0.39, 0.29) is 22.3 Å². The van der Waals surface area contributed by atoms with Crippen molar-refractivity contribution in [2.45, 2.75) is 48.5 Å². The topological polar surface area (TPSA) is 27.7 Å². The maximum absolute atomic E-state index is 5.53. The molecule has 0 amide bonds. The Kier molecular flexibility index (Phi) is 43.4. The molecule has 0 spiro atoms. The molecular formula is C15H40O3Si2. The van der Waals surface area contributed by atoms with Gasteiger partial charge in [0.2, 0.25) is 0 Å². The van der Waals surface area contributed by atoms with E-state index in [0.717, 1.165) is 0 Å². The van der Waals surface area contributed by atoms with Crippen molar-refractivity contribution in [1.29, 1.82) is 0 Å². The van der Waals surface area contributed by atoms with E-state index in [4.69, 9.17) is 13.6 Å². The Hall–Kier alpha value is -0.206. The number of hydrogen-bond acceptors (Lipinski definition) is 3. The van der Waals surface area contributed by atoms with Gasteiger partial charge in [0.15, 0.2) is 18.1 Å². The van der Waals surface area contributed by atoms with E-state index in [1.807, 2.05) is 0 Å². The Labute approximate surface area is 132 Å². The van der Waals surface area contributed by atoms with Crippen LogP contribution in [-0.4, -0.2) is 44.5 Å². The van der Waals surface area contributed by atoms with Crippen LogP contribution < -0.4 is 0 Å². The summed E-state index contributed by atoms with van der Waals surface area (Å²) >= 11 is 0. The van der Waals surface area contributed by atoms with Crippen LogP contribution >= 0.6 is 0 Å². The van der Waals surface area contributed by atoms with Gasteiger partial charge in [0.25, 0.3) is 0 Å². The van der Waals surface area contributed by atoms with Gasteiger partial charge in [0, 0.05) is 0 Å². The molecule has 0 N–H and O–H groups in total. The second kappa shape index (κ2) is 27.2. The van der Waals surface area contributed by atoms with Gasteiger partial charge in [-0.25, -0.2) is 0 Å². The molecule has 0 unspecified atom stereocenters. The molecule has 0 radical (unpaired) electrons. The van der Waals surface area contributed by atoms with Crippen LogP contribution in [0.1, 0.15) is 22.3 Å². The summed E-state index contributed by atoms with van der Waals surface area (Å²) in [7, 11) is -1.33. The molecule has 0 bridgehead atoms. The van der Waals surface area contributed by atoms with E-state index in [0.29, 0.717) is 26.4 Å². The molecule has 0 aromatic carbocycles. The molecule has 3 nitrogen and oxygen atoms in total. The maximum Gasteiger partial charge on any atom is 0.156 e. The van der Waals surface area contributed by atoms with E-state index in [1.165, 1.54) is 0 Å². The van der Waals surface area contributed by atoms with Crippen LogP contribution in [0, 0.1) is 0 Å². The van der Waals surface area contributed by atoms with Crippen molar-refractivity contribution >= 4 is 18.1 Å². The van der Waals surface area contributed by atoms with Crippen LogP contribution in [0.2, 0.25) is 26.2 Å². The van der Waals surface area contributed by atoms with Crippen LogP contribution in [-0.2, 0) is 13.6 Å². The van der Waals surface area contributed by atoms with Gasteiger partial charge in [-0.3, -0.25) is 0 Å². The Morgan fingerprint density at radius 3 is 1.20 bits per heavy atom. The van der Waals surface area contributed by atoms with E-state index >= 15 is 0 Å². The lowest BCUT2D eigenvalue weighted by atomic mass is 10.6. The van der Waals surface area contributed by atoms with Gasteiger partial charge in [-0.1, -0.05) is 34.4 Å².